The largest absolute Gasteiger partial charge is 0.462 e. The minimum atomic E-state index is -1.19. The Kier molecular flexibility index (Phi) is 16.1. The highest BCUT2D eigenvalue weighted by atomic mass is 16.7. The van der Waals surface area contributed by atoms with Gasteiger partial charge in [0.25, 0.3) is 0 Å². The third-order valence-electron chi connectivity index (χ3n) is 12.6. The lowest BCUT2D eigenvalue weighted by Crippen LogP contribution is -2.63. The molecule has 12 atom stereocenters. The first kappa shape index (κ1) is 43.6. The van der Waals surface area contributed by atoms with E-state index in [-0.39, 0.29) is 30.0 Å². The Hall–Kier alpha value is -2.48. The van der Waals surface area contributed by atoms with E-state index >= 15 is 0 Å². The molecule has 3 N–H and O–H groups in total. The van der Waals surface area contributed by atoms with Gasteiger partial charge in [0, 0.05) is 37.4 Å². The molecule has 0 bridgehead atoms. The maximum absolute atomic E-state index is 13.9. The Balaban J connectivity index is 1.47. The number of ether oxygens (including phenoxy) is 3. The van der Waals surface area contributed by atoms with Crippen LogP contribution in [0, 0.1) is 23.7 Å². The zero-order chi connectivity index (χ0) is 39.8. The fourth-order valence-electron chi connectivity index (χ4n) is 9.21. The molecule has 4 heterocycles. The SMILES string of the molecule is CCC1OC(=O)CC(O)C(C)C(O[C@@H]2O[C@H](C)[C@@H](O)[C@H](N(C)C)[C@H]2O)C(CCN2Cc3ccccc3C2)CC(C)C(=O)/C=C\C(C)=C\C1CN1CCCCC1. The second-order valence-electron chi connectivity index (χ2n) is 17.1. The number of rotatable bonds is 9. The van der Waals surface area contributed by atoms with E-state index in [2.05, 4.69) is 40.1 Å². The Labute approximate surface area is 329 Å². The molecule has 5 rings (SSSR count). The minimum Gasteiger partial charge on any atom is -0.462 e. The molecular formula is C44H69N3O8. The van der Waals surface area contributed by atoms with Gasteiger partial charge in [-0.15, -0.1) is 0 Å². The summed E-state index contributed by atoms with van der Waals surface area (Å²) < 4.78 is 19.2. The van der Waals surface area contributed by atoms with Crippen LogP contribution in [0.5, 0.6) is 0 Å². The number of likely N-dealkylation sites (N-methyl/N-ethyl adjacent to an activating group) is 1. The molecule has 308 valence electrons. The van der Waals surface area contributed by atoms with Crippen LogP contribution in [-0.2, 0) is 36.9 Å². The molecule has 0 radical (unpaired) electrons. The van der Waals surface area contributed by atoms with Crippen molar-refractivity contribution in [3.8, 4) is 0 Å². The molecule has 0 saturated carbocycles. The number of allylic oxidation sites excluding steroid dienone is 3. The number of carbonyl (C=O) groups is 2. The number of esters is 1. The number of hydrogen-bond acceptors (Lipinski definition) is 11. The molecule has 4 aliphatic rings. The number of hydrogen-bond donors (Lipinski definition) is 3. The van der Waals surface area contributed by atoms with Crippen molar-refractivity contribution >= 4 is 11.8 Å². The van der Waals surface area contributed by atoms with Gasteiger partial charge in [0.15, 0.2) is 12.1 Å². The molecule has 2 fully saturated rings. The van der Waals surface area contributed by atoms with Crippen LogP contribution in [0.4, 0.5) is 0 Å². The molecule has 0 spiro atoms. The summed E-state index contributed by atoms with van der Waals surface area (Å²) in [7, 11) is 3.59. The number of aliphatic hydroxyl groups excluding tert-OH is 3. The maximum atomic E-state index is 13.9. The molecule has 2 saturated heterocycles. The summed E-state index contributed by atoms with van der Waals surface area (Å²) >= 11 is 0. The van der Waals surface area contributed by atoms with Gasteiger partial charge in [-0.2, -0.15) is 0 Å². The van der Waals surface area contributed by atoms with E-state index in [4.69, 9.17) is 14.2 Å². The van der Waals surface area contributed by atoms with E-state index in [0.717, 1.165) is 57.7 Å². The molecule has 55 heavy (non-hydrogen) atoms. The summed E-state index contributed by atoms with van der Waals surface area (Å²) in [6.45, 7) is 14.7. The summed E-state index contributed by atoms with van der Waals surface area (Å²) in [5.74, 6) is -1.74. The number of nitrogens with zero attached hydrogens (tertiary/aromatic N) is 3. The van der Waals surface area contributed by atoms with Crippen molar-refractivity contribution in [2.75, 3.05) is 40.3 Å². The number of cyclic esters (lactones) is 1. The molecule has 11 nitrogen and oxygen atoms in total. The Morgan fingerprint density at radius 2 is 1.60 bits per heavy atom. The van der Waals surface area contributed by atoms with Crippen LogP contribution in [0.1, 0.15) is 90.7 Å². The van der Waals surface area contributed by atoms with E-state index in [9.17, 15) is 24.9 Å². The Morgan fingerprint density at radius 1 is 0.927 bits per heavy atom. The van der Waals surface area contributed by atoms with Crippen molar-refractivity contribution < 1.29 is 39.1 Å². The van der Waals surface area contributed by atoms with Crippen molar-refractivity contribution in [3.05, 3.63) is 59.2 Å². The first-order valence-electron chi connectivity index (χ1n) is 20.9. The minimum absolute atomic E-state index is 0.00907. The fourth-order valence-corrected chi connectivity index (χ4v) is 9.21. The van der Waals surface area contributed by atoms with Crippen molar-refractivity contribution in [2.45, 2.75) is 142 Å². The fraction of sp³-hybridized carbons (Fsp3) is 0.727. The monoisotopic (exact) mass is 768 g/mol. The number of benzene rings is 1. The smallest absolute Gasteiger partial charge is 0.308 e. The molecule has 1 aromatic rings. The summed E-state index contributed by atoms with van der Waals surface area (Å²) in [6, 6.07) is 7.79. The first-order chi connectivity index (χ1) is 26.2. The van der Waals surface area contributed by atoms with Gasteiger partial charge >= 0.3 is 5.97 Å². The number of piperidine rings is 1. The van der Waals surface area contributed by atoms with Gasteiger partial charge in [0.05, 0.1) is 36.9 Å². The van der Waals surface area contributed by atoms with Gasteiger partial charge in [-0.1, -0.05) is 69.2 Å². The second-order valence-corrected chi connectivity index (χ2v) is 17.1. The summed E-state index contributed by atoms with van der Waals surface area (Å²) in [5.41, 5.74) is 3.55. The third-order valence-corrected chi connectivity index (χ3v) is 12.6. The Morgan fingerprint density at radius 3 is 2.24 bits per heavy atom. The predicted molar refractivity (Wildman–Crippen MR) is 213 cm³/mol. The topological polar surface area (TPSA) is 132 Å². The standard InChI is InChI=1S/C44H69N3O8/c1-8-38-35(27-46-19-12-9-13-20-46)22-28(2)16-17-36(48)29(3)23-32(18-21-47-25-33-14-10-11-15-34(33)26-47)43(30(4)37(49)24-39(50)54-38)55-44-42(52)40(45(6)7)41(51)31(5)53-44/h10-11,14-17,22,29-32,35,37-38,40-44,49,51-52H,8-9,12-13,18-21,23-27H2,1-7H3/b17-16-,28-22+/t29?,30?,31-,32?,35?,37?,38?,40+,41-,42-,43?,44+/m1/s1. The van der Waals surface area contributed by atoms with Gasteiger partial charge in [-0.25, -0.2) is 0 Å². The van der Waals surface area contributed by atoms with Crippen LogP contribution in [0.2, 0.25) is 0 Å². The lowest BCUT2D eigenvalue weighted by Gasteiger charge is -2.46. The van der Waals surface area contributed by atoms with Gasteiger partial charge in [0.2, 0.25) is 0 Å². The summed E-state index contributed by atoms with van der Waals surface area (Å²) in [4.78, 5) is 34.2. The van der Waals surface area contributed by atoms with Crippen molar-refractivity contribution in [1.29, 1.82) is 0 Å². The lowest BCUT2D eigenvalue weighted by atomic mass is 9.79. The van der Waals surface area contributed by atoms with Crippen molar-refractivity contribution in [1.82, 2.24) is 14.7 Å². The van der Waals surface area contributed by atoms with Crippen LogP contribution in [0.15, 0.2) is 48.1 Å². The molecule has 1 aromatic carbocycles. The molecule has 11 heteroatoms. The molecular weight excluding hydrogens is 698 g/mol. The van der Waals surface area contributed by atoms with E-state index in [1.807, 2.05) is 33.8 Å². The lowest BCUT2D eigenvalue weighted by molar-refractivity contribution is -0.304. The van der Waals surface area contributed by atoms with Crippen LogP contribution in [0.3, 0.4) is 0 Å². The van der Waals surface area contributed by atoms with E-state index in [1.165, 1.54) is 17.5 Å². The number of likely N-dealkylation sites (tertiary alicyclic amines) is 1. The third kappa shape index (κ3) is 11.6. The summed E-state index contributed by atoms with van der Waals surface area (Å²) in [5, 5.41) is 34.4. The highest BCUT2D eigenvalue weighted by Crippen LogP contribution is 2.36. The first-order valence-corrected chi connectivity index (χ1v) is 20.9. The molecule has 0 amide bonds. The number of carbonyl (C=O) groups excluding carboxylic acids is 2. The maximum Gasteiger partial charge on any atom is 0.308 e. The van der Waals surface area contributed by atoms with E-state index in [0.29, 0.717) is 19.3 Å². The van der Waals surface area contributed by atoms with Gasteiger partial charge in [-0.05, 0) is 103 Å². The molecule has 0 aliphatic carbocycles. The van der Waals surface area contributed by atoms with E-state index < -0.39 is 60.8 Å². The second kappa shape index (κ2) is 20.3. The van der Waals surface area contributed by atoms with Crippen LogP contribution in [-0.4, -0.2) is 131 Å². The van der Waals surface area contributed by atoms with Gasteiger partial charge < -0.3 is 39.3 Å². The summed E-state index contributed by atoms with van der Waals surface area (Å²) in [6.07, 6.45) is 4.63. The molecule has 4 aliphatic heterocycles. The van der Waals surface area contributed by atoms with E-state index in [1.54, 1.807) is 32.0 Å². The normalized spacial score (nSPS) is 38.0. The van der Waals surface area contributed by atoms with Crippen LogP contribution < -0.4 is 0 Å². The molecule has 7 unspecified atom stereocenters. The Bertz CT molecular complexity index is 1440. The molecule has 0 aromatic heterocycles. The van der Waals surface area contributed by atoms with Gasteiger partial charge in [-0.3, -0.25) is 14.5 Å². The highest BCUT2D eigenvalue weighted by Gasteiger charge is 2.47. The number of ketones is 1. The number of fused-ring (bicyclic) bond motifs is 1. The highest BCUT2D eigenvalue weighted by molar-refractivity contribution is 5.91. The zero-order valence-corrected chi connectivity index (χ0v) is 34.4. The number of aliphatic hydroxyl groups is 3. The van der Waals surface area contributed by atoms with Crippen molar-refractivity contribution in [3.63, 3.8) is 0 Å². The van der Waals surface area contributed by atoms with Gasteiger partial charge in [0.1, 0.15) is 12.2 Å². The van der Waals surface area contributed by atoms with Crippen LogP contribution in [0.25, 0.3) is 0 Å². The quantitative estimate of drug-likeness (QED) is 0.302. The average Bonchev–Trinajstić information content (AvgIpc) is 3.58. The zero-order valence-electron chi connectivity index (χ0n) is 34.4. The van der Waals surface area contributed by atoms with Crippen molar-refractivity contribution in [2.24, 2.45) is 23.7 Å². The van der Waals surface area contributed by atoms with Crippen LogP contribution >= 0.6 is 0 Å². The average molecular weight is 768 g/mol. The predicted octanol–water partition coefficient (Wildman–Crippen LogP) is 4.71.